The first-order valence-electron chi connectivity index (χ1n) is 8.97. The molecule has 1 aromatic carbocycles. The van der Waals surface area contributed by atoms with E-state index in [9.17, 15) is 19.5 Å². The minimum absolute atomic E-state index is 0.0161. The molecule has 1 saturated heterocycles. The van der Waals surface area contributed by atoms with Crippen LogP contribution in [-0.2, 0) is 16.1 Å². The molecule has 132 valence electrons. The Morgan fingerprint density at radius 2 is 1.92 bits per heavy atom. The number of rotatable bonds is 3. The summed E-state index contributed by atoms with van der Waals surface area (Å²) in [6, 6.07) is 6.63. The molecule has 0 radical (unpaired) electrons. The number of carboxylic acid groups (broad SMARTS) is 1. The first-order valence-corrected chi connectivity index (χ1v) is 8.97. The lowest BCUT2D eigenvalue weighted by atomic mass is 9.85. The minimum atomic E-state index is -0.932. The van der Waals surface area contributed by atoms with E-state index in [2.05, 4.69) is 0 Å². The number of amides is 2. The molecular formula is C19H22N2O4. The number of nitrogens with zero attached hydrogens (tertiary/aromatic N) is 2. The van der Waals surface area contributed by atoms with Crippen LogP contribution in [0.15, 0.2) is 24.3 Å². The third kappa shape index (κ3) is 2.69. The average Bonchev–Trinajstić information content (AvgIpc) is 3.14. The molecule has 1 aromatic rings. The molecule has 3 atom stereocenters. The van der Waals surface area contributed by atoms with E-state index in [0.29, 0.717) is 18.5 Å². The number of carbonyl (C=O) groups excluding carboxylic acids is 2. The monoisotopic (exact) mass is 342 g/mol. The van der Waals surface area contributed by atoms with Crippen molar-refractivity contribution in [3.8, 4) is 0 Å². The fourth-order valence-electron chi connectivity index (χ4n) is 4.73. The molecular weight excluding hydrogens is 320 g/mol. The van der Waals surface area contributed by atoms with Crippen molar-refractivity contribution in [2.45, 2.75) is 50.7 Å². The summed E-state index contributed by atoms with van der Waals surface area (Å²) in [7, 11) is 0. The predicted octanol–water partition coefficient (Wildman–Crippen LogP) is 1.89. The molecule has 2 aliphatic heterocycles. The maximum Gasteiger partial charge on any atom is 0.326 e. The van der Waals surface area contributed by atoms with E-state index in [1.807, 2.05) is 18.2 Å². The van der Waals surface area contributed by atoms with Crippen LogP contribution >= 0.6 is 0 Å². The van der Waals surface area contributed by atoms with Crippen molar-refractivity contribution in [1.29, 1.82) is 0 Å². The van der Waals surface area contributed by atoms with E-state index in [4.69, 9.17) is 0 Å². The van der Waals surface area contributed by atoms with Crippen LogP contribution in [-0.4, -0.2) is 51.3 Å². The lowest BCUT2D eigenvalue weighted by molar-refractivity contribution is -0.150. The van der Waals surface area contributed by atoms with E-state index in [1.165, 1.54) is 4.90 Å². The largest absolute Gasteiger partial charge is 0.480 e. The summed E-state index contributed by atoms with van der Waals surface area (Å²) in [6.07, 6.45) is 4.54. The Bertz CT molecular complexity index is 732. The smallest absolute Gasteiger partial charge is 0.326 e. The normalized spacial score (nSPS) is 28.0. The first-order chi connectivity index (χ1) is 12.1. The highest BCUT2D eigenvalue weighted by molar-refractivity contribution is 6.00. The Balaban J connectivity index is 1.52. The van der Waals surface area contributed by atoms with E-state index < -0.39 is 12.0 Å². The number of carboxylic acids is 1. The van der Waals surface area contributed by atoms with Gasteiger partial charge >= 0.3 is 5.97 Å². The summed E-state index contributed by atoms with van der Waals surface area (Å²) < 4.78 is 0. The molecule has 6 heteroatoms. The maximum absolute atomic E-state index is 12.9. The second kappa shape index (κ2) is 6.17. The molecule has 1 N–H and O–H groups in total. The number of aliphatic carboxylic acids is 1. The molecule has 3 aliphatic rings. The van der Waals surface area contributed by atoms with Gasteiger partial charge in [-0.25, -0.2) is 4.79 Å². The van der Waals surface area contributed by atoms with E-state index in [0.717, 1.165) is 31.2 Å². The fraction of sp³-hybridized carbons (Fsp3) is 0.526. The fourth-order valence-corrected chi connectivity index (χ4v) is 4.73. The quantitative estimate of drug-likeness (QED) is 0.910. The molecule has 0 aromatic heterocycles. The van der Waals surface area contributed by atoms with Gasteiger partial charge in [0.25, 0.3) is 5.91 Å². The van der Waals surface area contributed by atoms with Gasteiger partial charge in [-0.1, -0.05) is 31.0 Å². The number of benzene rings is 1. The van der Waals surface area contributed by atoms with Gasteiger partial charge in [-0.2, -0.15) is 0 Å². The summed E-state index contributed by atoms with van der Waals surface area (Å²) in [5.74, 6) is -1.03. The molecule has 25 heavy (non-hydrogen) atoms. The zero-order valence-corrected chi connectivity index (χ0v) is 14.1. The van der Waals surface area contributed by atoms with Crippen LogP contribution in [0.25, 0.3) is 0 Å². The van der Waals surface area contributed by atoms with Crippen molar-refractivity contribution in [2.24, 2.45) is 5.92 Å². The molecule has 1 saturated carbocycles. The van der Waals surface area contributed by atoms with Gasteiger partial charge in [0.1, 0.15) is 12.6 Å². The maximum atomic E-state index is 12.9. The standard InChI is InChI=1S/C19H22N2O4/c22-17(11-20-10-13-6-1-3-7-14(13)18(20)23)21-15-8-4-2-5-12(15)9-16(21)19(24)25/h1,3,6-7,12,15-16H,2,4-5,8-11H2,(H,24,25). The van der Waals surface area contributed by atoms with Crippen molar-refractivity contribution in [3.05, 3.63) is 35.4 Å². The molecule has 0 spiro atoms. The van der Waals surface area contributed by atoms with Gasteiger partial charge in [-0.15, -0.1) is 0 Å². The van der Waals surface area contributed by atoms with Gasteiger partial charge in [0.15, 0.2) is 0 Å². The molecule has 2 amide bonds. The van der Waals surface area contributed by atoms with Crippen molar-refractivity contribution in [3.63, 3.8) is 0 Å². The van der Waals surface area contributed by atoms with Crippen LogP contribution in [0.3, 0.4) is 0 Å². The molecule has 4 rings (SSSR count). The summed E-state index contributed by atoms with van der Waals surface area (Å²) in [4.78, 5) is 40.2. The molecule has 6 nitrogen and oxygen atoms in total. The first kappa shape index (κ1) is 16.1. The van der Waals surface area contributed by atoms with Gasteiger partial charge in [0, 0.05) is 18.2 Å². The van der Waals surface area contributed by atoms with Gasteiger partial charge in [-0.05, 0) is 36.8 Å². The van der Waals surface area contributed by atoms with Crippen molar-refractivity contribution in [1.82, 2.24) is 9.80 Å². The number of carbonyl (C=O) groups is 3. The van der Waals surface area contributed by atoms with E-state index >= 15 is 0 Å². The van der Waals surface area contributed by atoms with Crippen molar-refractivity contribution in [2.75, 3.05) is 6.54 Å². The van der Waals surface area contributed by atoms with Gasteiger partial charge in [-0.3, -0.25) is 9.59 Å². The number of fused-ring (bicyclic) bond motifs is 2. The van der Waals surface area contributed by atoms with Crippen molar-refractivity contribution >= 4 is 17.8 Å². The van der Waals surface area contributed by atoms with Gasteiger partial charge in [0.2, 0.25) is 5.91 Å². The molecule has 3 unspecified atom stereocenters. The van der Waals surface area contributed by atoms with Crippen LogP contribution in [0.5, 0.6) is 0 Å². The zero-order valence-electron chi connectivity index (χ0n) is 14.1. The second-order valence-electron chi connectivity index (χ2n) is 7.32. The van der Waals surface area contributed by atoms with Crippen LogP contribution < -0.4 is 0 Å². The molecule has 0 bridgehead atoms. The van der Waals surface area contributed by atoms with E-state index in [-0.39, 0.29) is 30.3 Å². The average molecular weight is 342 g/mol. The van der Waals surface area contributed by atoms with Crippen LogP contribution in [0.4, 0.5) is 0 Å². The number of hydrogen-bond donors (Lipinski definition) is 1. The third-order valence-corrected chi connectivity index (χ3v) is 5.88. The molecule has 1 aliphatic carbocycles. The summed E-state index contributed by atoms with van der Waals surface area (Å²) in [5.41, 5.74) is 1.56. The van der Waals surface area contributed by atoms with Crippen molar-refractivity contribution < 1.29 is 19.5 Å². The lowest BCUT2D eigenvalue weighted by Gasteiger charge is -2.34. The Morgan fingerprint density at radius 3 is 2.68 bits per heavy atom. The second-order valence-corrected chi connectivity index (χ2v) is 7.32. The predicted molar refractivity (Wildman–Crippen MR) is 89.8 cm³/mol. The third-order valence-electron chi connectivity index (χ3n) is 5.88. The number of hydrogen-bond acceptors (Lipinski definition) is 3. The molecule has 2 fully saturated rings. The highest BCUT2D eigenvalue weighted by Gasteiger charge is 2.48. The van der Waals surface area contributed by atoms with Gasteiger partial charge in [0.05, 0.1) is 0 Å². The molecule has 2 heterocycles. The Labute approximate surface area is 146 Å². The minimum Gasteiger partial charge on any atom is -0.480 e. The Kier molecular flexibility index (Phi) is 3.98. The topological polar surface area (TPSA) is 77.9 Å². The van der Waals surface area contributed by atoms with E-state index in [1.54, 1.807) is 11.0 Å². The highest BCUT2D eigenvalue weighted by atomic mass is 16.4. The van der Waals surface area contributed by atoms with Gasteiger partial charge < -0.3 is 14.9 Å². The van der Waals surface area contributed by atoms with Crippen LogP contribution in [0.2, 0.25) is 0 Å². The van der Waals surface area contributed by atoms with Crippen LogP contribution in [0, 0.1) is 5.92 Å². The Morgan fingerprint density at radius 1 is 1.16 bits per heavy atom. The Hall–Kier alpha value is -2.37. The number of likely N-dealkylation sites (tertiary alicyclic amines) is 1. The summed E-state index contributed by atoms with van der Waals surface area (Å²) in [6.45, 7) is 0.376. The summed E-state index contributed by atoms with van der Waals surface area (Å²) >= 11 is 0. The lowest BCUT2D eigenvalue weighted by Crippen LogP contribution is -2.50. The summed E-state index contributed by atoms with van der Waals surface area (Å²) in [5, 5.41) is 9.56. The van der Waals surface area contributed by atoms with Crippen LogP contribution in [0.1, 0.15) is 48.0 Å². The SMILES string of the molecule is O=C(O)C1CC2CCCCC2N1C(=O)CN1Cc2ccccc2C1=O. The highest BCUT2D eigenvalue weighted by Crippen LogP contribution is 2.40. The zero-order chi connectivity index (χ0) is 17.6.